The standard InChI is InChI=1S/C5H6N4O4/c10-3(11)1-2(5(12)13)4-6-8-9-7-4/h2H,1H2,(H,10,11)(H,12,13)(H,6,7,8,9). The number of nitrogens with one attached hydrogen (secondary N) is 1. The van der Waals surface area contributed by atoms with Crippen LogP contribution in [0.2, 0.25) is 0 Å². The smallest absolute Gasteiger partial charge is 0.315 e. The lowest BCUT2D eigenvalue weighted by Gasteiger charge is -2.02. The number of hydrogen-bond acceptors (Lipinski definition) is 5. The molecule has 1 aromatic heterocycles. The fourth-order valence-corrected chi connectivity index (χ4v) is 0.781. The van der Waals surface area contributed by atoms with Crippen molar-refractivity contribution >= 4 is 11.9 Å². The van der Waals surface area contributed by atoms with Gasteiger partial charge in [0.15, 0.2) is 5.82 Å². The summed E-state index contributed by atoms with van der Waals surface area (Å²) < 4.78 is 0. The van der Waals surface area contributed by atoms with Crippen LogP contribution < -0.4 is 0 Å². The zero-order valence-corrected chi connectivity index (χ0v) is 6.34. The molecule has 8 nitrogen and oxygen atoms in total. The van der Waals surface area contributed by atoms with Crippen molar-refractivity contribution in [3.05, 3.63) is 5.82 Å². The second-order valence-corrected chi connectivity index (χ2v) is 2.26. The maximum Gasteiger partial charge on any atom is 0.315 e. The Balaban J connectivity index is 2.81. The molecule has 1 unspecified atom stereocenters. The first-order valence-electron chi connectivity index (χ1n) is 3.29. The SMILES string of the molecule is O=C(O)CC(C(=O)O)c1nn[nH]n1. The minimum Gasteiger partial charge on any atom is -0.481 e. The van der Waals surface area contributed by atoms with E-state index in [0.29, 0.717) is 0 Å². The van der Waals surface area contributed by atoms with Gasteiger partial charge in [-0.1, -0.05) is 5.21 Å². The fraction of sp³-hybridized carbons (Fsp3) is 0.400. The number of tetrazole rings is 1. The van der Waals surface area contributed by atoms with Gasteiger partial charge in [0, 0.05) is 0 Å². The predicted octanol–water partition coefficient (Wildman–Crippen LogP) is -1.16. The summed E-state index contributed by atoms with van der Waals surface area (Å²) in [7, 11) is 0. The van der Waals surface area contributed by atoms with E-state index in [1.807, 2.05) is 0 Å². The first-order valence-corrected chi connectivity index (χ1v) is 3.29. The van der Waals surface area contributed by atoms with Crippen molar-refractivity contribution < 1.29 is 19.8 Å². The maximum atomic E-state index is 10.5. The molecular weight excluding hydrogens is 180 g/mol. The van der Waals surface area contributed by atoms with E-state index in [1.54, 1.807) is 0 Å². The second kappa shape index (κ2) is 3.61. The highest BCUT2D eigenvalue weighted by atomic mass is 16.4. The molecule has 0 radical (unpaired) electrons. The van der Waals surface area contributed by atoms with Crippen molar-refractivity contribution in [1.82, 2.24) is 20.6 Å². The molecule has 0 saturated heterocycles. The summed E-state index contributed by atoms with van der Waals surface area (Å²) in [6, 6.07) is 0. The largest absolute Gasteiger partial charge is 0.481 e. The second-order valence-electron chi connectivity index (χ2n) is 2.26. The molecule has 8 heteroatoms. The lowest BCUT2D eigenvalue weighted by atomic mass is 10.1. The van der Waals surface area contributed by atoms with Crippen LogP contribution in [-0.2, 0) is 9.59 Å². The maximum absolute atomic E-state index is 10.5. The third kappa shape index (κ3) is 2.22. The van der Waals surface area contributed by atoms with Crippen molar-refractivity contribution in [1.29, 1.82) is 0 Å². The van der Waals surface area contributed by atoms with Crippen LogP contribution in [0.15, 0.2) is 0 Å². The highest BCUT2D eigenvalue weighted by Crippen LogP contribution is 2.14. The minimum absolute atomic E-state index is 0.130. The molecule has 1 atom stereocenters. The molecule has 1 aromatic rings. The Labute approximate surface area is 71.6 Å². The number of H-pyrrole nitrogens is 1. The third-order valence-corrected chi connectivity index (χ3v) is 1.35. The van der Waals surface area contributed by atoms with E-state index < -0.39 is 24.3 Å². The summed E-state index contributed by atoms with van der Waals surface area (Å²) in [5.41, 5.74) is 0. The molecule has 0 saturated carbocycles. The van der Waals surface area contributed by atoms with Crippen molar-refractivity contribution in [3.63, 3.8) is 0 Å². The zero-order chi connectivity index (χ0) is 9.84. The lowest BCUT2D eigenvalue weighted by molar-refractivity contribution is -0.145. The molecule has 0 fully saturated rings. The molecule has 0 aromatic carbocycles. The van der Waals surface area contributed by atoms with Crippen molar-refractivity contribution in [2.45, 2.75) is 12.3 Å². The van der Waals surface area contributed by atoms with E-state index in [2.05, 4.69) is 20.6 Å². The molecule has 1 rings (SSSR count). The summed E-state index contributed by atoms with van der Waals surface area (Å²) >= 11 is 0. The van der Waals surface area contributed by atoms with Crippen molar-refractivity contribution in [2.24, 2.45) is 0 Å². The van der Waals surface area contributed by atoms with Crippen LogP contribution in [0.25, 0.3) is 0 Å². The van der Waals surface area contributed by atoms with Crippen LogP contribution in [0, 0.1) is 0 Å². The van der Waals surface area contributed by atoms with E-state index in [9.17, 15) is 9.59 Å². The number of carbonyl (C=O) groups is 2. The molecule has 3 N–H and O–H groups in total. The number of rotatable bonds is 4. The quantitative estimate of drug-likeness (QED) is 0.540. The summed E-state index contributed by atoms with van der Waals surface area (Å²) in [4.78, 5) is 20.8. The van der Waals surface area contributed by atoms with Gasteiger partial charge >= 0.3 is 11.9 Å². The molecule has 13 heavy (non-hydrogen) atoms. The highest BCUT2D eigenvalue weighted by Gasteiger charge is 2.26. The van der Waals surface area contributed by atoms with Crippen LogP contribution in [0.3, 0.4) is 0 Å². The summed E-state index contributed by atoms with van der Waals surface area (Å²) in [5.74, 6) is -3.90. The first-order chi connectivity index (χ1) is 6.11. The van der Waals surface area contributed by atoms with Crippen LogP contribution in [0.4, 0.5) is 0 Å². The summed E-state index contributed by atoms with van der Waals surface area (Å²) in [6.45, 7) is 0. The van der Waals surface area contributed by atoms with E-state index in [4.69, 9.17) is 10.2 Å². The zero-order valence-electron chi connectivity index (χ0n) is 6.34. The molecule has 0 aliphatic carbocycles. The highest BCUT2D eigenvalue weighted by molar-refractivity contribution is 5.81. The van der Waals surface area contributed by atoms with Crippen molar-refractivity contribution in [3.8, 4) is 0 Å². The number of carboxylic acid groups (broad SMARTS) is 2. The van der Waals surface area contributed by atoms with Gasteiger partial charge in [0.25, 0.3) is 0 Å². The minimum atomic E-state index is -1.29. The number of hydrogen-bond donors (Lipinski definition) is 3. The molecule has 70 valence electrons. The predicted molar refractivity (Wildman–Crippen MR) is 36.8 cm³/mol. The normalized spacial score (nSPS) is 12.3. The number of aliphatic carboxylic acids is 2. The Bertz CT molecular complexity index is 308. The molecule has 1 heterocycles. The van der Waals surface area contributed by atoms with E-state index >= 15 is 0 Å². The van der Waals surface area contributed by atoms with Crippen molar-refractivity contribution in [2.75, 3.05) is 0 Å². The Morgan fingerprint density at radius 1 is 1.46 bits per heavy atom. The van der Waals surface area contributed by atoms with Gasteiger partial charge in [0.2, 0.25) is 0 Å². The van der Waals surface area contributed by atoms with Crippen LogP contribution in [-0.4, -0.2) is 42.8 Å². The van der Waals surface area contributed by atoms with Crippen LogP contribution in [0.5, 0.6) is 0 Å². The van der Waals surface area contributed by atoms with Gasteiger partial charge in [-0.2, -0.15) is 5.21 Å². The monoisotopic (exact) mass is 186 g/mol. The Morgan fingerprint density at radius 3 is 2.54 bits per heavy atom. The molecule has 0 amide bonds. The Kier molecular flexibility index (Phi) is 2.52. The molecule has 0 aliphatic rings. The molecule has 0 bridgehead atoms. The first kappa shape index (κ1) is 9.10. The number of carboxylic acids is 2. The van der Waals surface area contributed by atoms with Gasteiger partial charge in [-0.25, -0.2) is 0 Å². The molecular formula is C5H6N4O4. The van der Waals surface area contributed by atoms with E-state index in [1.165, 1.54) is 0 Å². The third-order valence-electron chi connectivity index (χ3n) is 1.35. The summed E-state index contributed by atoms with van der Waals surface area (Å²) in [6.07, 6.45) is -0.561. The Morgan fingerprint density at radius 2 is 2.15 bits per heavy atom. The van der Waals surface area contributed by atoms with Gasteiger partial charge in [-0.05, 0) is 0 Å². The van der Waals surface area contributed by atoms with E-state index in [0.717, 1.165) is 0 Å². The van der Waals surface area contributed by atoms with Gasteiger partial charge in [-0.15, -0.1) is 10.2 Å². The van der Waals surface area contributed by atoms with E-state index in [-0.39, 0.29) is 5.82 Å². The number of aromatic amines is 1. The van der Waals surface area contributed by atoms with Gasteiger partial charge in [-0.3, -0.25) is 9.59 Å². The fourth-order valence-electron chi connectivity index (χ4n) is 0.781. The van der Waals surface area contributed by atoms with Crippen LogP contribution >= 0.6 is 0 Å². The number of nitrogens with zero attached hydrogens (tertiary/aromatic N) is 3. The van der Waals surface area contributed by atoms with Crippen LogP contribution in [0.1, 0.15) is 18.2 Å². The molecule has 0 aliphatic heterocycles. The summed E-state index contributed by atoms with van der Waals surface area (Å²) in [5, 5.41) is 29.0. The lowest BCUT2D eigenvalue weighted by Crippen LogP contribution is -2.17. The molecule has 0 spiro atoms. The number of aromatic nitrogens is 4. The average Bonchev–Trinajstić information content (AvgIpc) is 2.50. The Hall–Kier alpha value is -1.99. The van der Waals surface area contributed by atoms with Gasteiger partial charge in [0.05, 0.1) is 6.42 Å². The average molecular weight is 186 g/mol. The topological polar surface area (TPSA) is 129 Å². The van der Waals surface area contributed by atoms with Gasteiger partial charge < -0.3 is 10.2 Å². The van der Waals surface area contributed by atoms with Gasteiger partial charge in [0.1, 0.15) is 5.92 Å².